The van der Waals surface area contributed by atoms with Crippen molar-refractivity contribution in [2.75, 3.05) is 19.5 Å². The van der Waals surface area contributed by atoms with Gasteiger partial charge in [0.25, 0.3) is 0 Å². The number of anilines is 1. The van der Waals surface area contributed by atoms with E-state index in [9.17, 15) is 4.79 Å². The molecule has 0 radical (unpaired) electrons. The average Bonchev–Trinajstić information content (AvgIpc) is 2.93. The van der Waals surface area contributed by atoms with Gasteiger partial charge in [0.2, 0.25) is 0 Å². The highest BCUT2D eigenvalue weighted by Crippen LogP contribution is 2.18. The van der Waals surface area contributed by atoms with Crippen LogP contribution < -0.4 is 10.1 Å². The van der Waals surface area contributed by atoms with Gasteiger partial charge in [-0.1, -0.05) is 12.1 Å². The van der Waals surface area contributed by atoms with E-state index in [4.69, 9.17) is 4.74 Å². The lowest BCUT2D eigenvalue weighted by atomic mass is 10.2. The van der Waals surface area contributed by atoms with E-state index in [1.807, 2.05) is 24.3 Å². The van der Waals surface area contributed by atoms with E-state index >= 15 is 0 Å². The Balaban J connectivity index is 1.98. The first-order valence-electron chi connectivity index (χ1n) is 5.63. The Hall–Kier alpha value is -2.08. The zero-order chi connectivity index (χ0) is 13.7. The molecule has 6 heteroatoms. The number of benzene rings is 1. The van der Waals surface area contributed by atoms with Crippen LogP contribution in [0.4, 0.5) is 5.13 Å². The minimum atomic E-state index is -0.425. The molecular formula is C13H14N2O3S. The van der Waals surface area contributed by atoms with Crippen LogP contribution in [0.2, 0.25) is 0 Å². The van der Waals surface area contributed by atoms with E-state index in [0.29, 0.717) is 17.4 Å². The number of nitrogens with one attached hydrogen (secondary N) is 1. The quantitative estimate of drug-likeness (QED) is 0.852. The number of methoxy groups -OCH3 is 2. The molecule has 0 aliphatic carbocycles. The van der Waals surface area contributed by atoms with E-state index in [2.05, 4.69) is 15.0 Å². The van der Waals surface area contributed by atoms with Crippen molar-refractivity contribution in [1.29, 1.82) is 0 Å². The Bertz CT molecular complexity index is 569. The molecule has 19 heavy (non-hydrogen) atoms. The summed E-state index contributed by atoms with van der Waals surface area (Å²) in [6, 6.07) is 7.76. The zero-order valence-electron chi connectivity index (χ0n) is 10.7. The molecule has 5 nitrogen and oxygen atoms in total. The van der Waals surface area contributed by atoms with Gasteiger partial charge in [0.05, 0.1) is 14.2 Å². The fraction of sp³-hybridized carbons (Fsp3) is 0.231. The fourth-order valence-electron chi connectivity index (χ4n) is 1.51. The number of ether oxygens (including phenoxy) is 2. The predicted octanol–water partition coefficient (Wildman–Crippen LogP) is 2.55. The second-order valence-corrected chi connectivity index (χ2v) is 4.59. The number of hydrogen-bond donors (Lipinski definition) is 1. The SMILES string of the molecule is COC(=O)c1csc(NCc2cccc(OC)c2)n1. The van der Waals surface area contributed by atoms with Gasteiger partial charge in [-0.25, -0.2) is 9.78 Å². The summed E-state index contributed by atoms with van der Waals surface area (Å²) in [7, 11) is 2.97. The summed E-state index contributed by atoms with van der Waals surface area (Å²) < 4.78 is 9.76. The molecule has 0 saturated carbocycles. The van der Waals surface area contributed by atoms with Crippen LogP contribution in [-0.4, -0.2) is 25.2 Å². The number of carbonyl (C=O) groups excluding carboxylic acids is 1. The molecule has 1 aromatic heterocycles. The number of nitrogens with zero attached hydrogens (tertiary/aromatic N) is 1. The summed E-state index contributed by atoms with van der Waals surface area (Å²) in [4.78, 5) is 15.4. The largest absolute Gasteiger partial charge is 0.497 e. The summed E-state index contributed by atoms with van der Waals surface area (Å²) >= 11 is 1.37. The molecule has 1 aromatic carbocycles. The normalized spacial score (nSPS) is 10.0. The molecule has 0 amide bonds. The maximum Gasteiger partial charge on any atom is 0.357 e. The van der Waals surface area contributed by atoms with Crippen molar-refractivity contribution >= 4 is 22.4 Å². The van der Waals surface area contributed by atoms with Crippen LogP contribution in [0.15, 0.2) is 29.6 Å². The third kappa shape index (κ3) is 3.45. The van der Waals surface area contributed by atoms with Crippen molar-refractivity contribution in [2.45, 2.75) is 6.54 Å². The van der Waals surface area contributed by atoms with Gasteiger partial charge >= 0.3 is 5.97 Å². The van der Waals surface area contributed by atoms with Crippen molar-refractivity contribution in [3.05, 3.63) is 40.9 Å². The van der Waals surface area contributed by atoms with Gasteiger partial charge in [-0.3, -0.25) is 0 Å². The Kier molecular flexibility index (Phi) is 4.35. The molecule has 0 spiro atoms. The minimum absolute atomic E-state index is 0.320. The molecule has 0 fully saturated rings. The molecule has 100 valence electrons. The van der Waals surface area contributed by atoms with E-state index in [0.717, 1.165) is 11.3 Å². The van der Waals surface area contributed by atoms with E-state index in [1.54, 1.807) is 12.5 Å². The number of carbonyl (C=O) groups is 1. The zero-order valence-corrected chi connectivity index (χ0v) is 11.5. The molecule has 0 aliphatic rings. The van der Waals surface area contributed by atoms with Gasteiger partial charge in [-0.05, 0) is 17.7 Å². The summed E-state index contributed by atoms with van der Waals surface area (Å²) in [5, 5.41) is 5.51. The summed E-state index contributed by atoms with van der Waals surface area (Å²) in [6.45, 7) is 0.616. The third-order valence-corrected chi connectivity index (χ3v) is 3.28. The van der Waals surface area contributed by atoms with Crippen molar-refractivity contribution in [2.24, 2.45) is 0 Å². The third-order valence-electron chi connectivity index (χ3n) is 2.48. The molecule has 2 rings (SSSR count). The molecule has 0 bridgehead atoms. The van der Waals surface area contributed by atoms with Gasteiger partial charge in [-0.2, -0.15) is 0 Å². The van der Waals surface area contributed by atoms with Crippen molar-refractivity contribution < 1.29 is 14.3 Å². The average molecular weight is 278 g/mol. The highest BCUT2D eigenvalue weighted by atomic mass is 32.1. The molecule has 0 atom stereocenters. The van der Waals surface area contributed by atoms with Gasteiger partial charge in [-0.15, -0.1) is 11.3 Å². The minimum Gasteiger partial charge on any atom is -0.497 e. The van der Waals surface area contributed by atoms with Crippen LogP contribution in [0.3, 0.4) is 0 Å². The maximum absolute atomic E-state index is 11.3. The topological polar surface area (TPSA) is 60.5 Å². The van der Waals surface area contributed by atoms with Gasteiger partial charge in [0.15, 0.2) is 10.8 Å². The lowest BCUT2D eigenvalue weighted by molar-refractivity contribution is 0.0595. The summed E-state index contributed by atoms with van der Waals surface area (Å²) in [6.07, 6.45) is 0. The number of aromatic nitrogens is 1. The molecule has 1 heterocycles. The van der Waals surface area contributed by atoms with Crippen molar-refractivity contribution in [1.82, 2.24) is 4.98 Å². The summed E-state index contributed by atoms with van der Waals surface area (Å²) in [5.41, 5.74) is 1.40. The Morgan fingerprint density at radius 1 is 1.42 bits per heavy atom. The first-order chi connectivity index (χ1) is 9.22. The highest BCUT2D eigenvalue weighted by molar-refractivity contribution is 7.13. The monoisotopic (exact) mass is 278 g/mol. The van der Waals surface area contributed by atoms with E-state index in [1.165, 1.54) is 18.4 Å². The number of rotatable bonds is 5. The van der Waals surface area contributed by atoms with Crippen LogP contribution >= 0.6 is 11.3 Å². The Morgan fingerprint density at radius 3 is 3.00 bits per heavy atom. The van der Waals surface area contributed by atoms with Gasteiger partial charge in [0, 0.05) is 11.9 Å². The van der Waals surface area contributed by atoms with Gasteiger partial charge in [0.1, 0.15) is 5.75 Å². The second-order valence-electron chi connectivity index (χ2n) is 3.73. The highest BCUT2D eigenvalue weighted by Gasteiger charge is 2.10. The Labute approximate surface area is 115 Å². The van der Waals surface area contributed by atoms with Gasteiger partial charge < -0.3 is 14.8 Å². The smallest absolute Gasteiger partial charge is 0.357 e. The van der Waals surface area contributed by atoms with E-state index < -0.39 is 5.97 Å². The predicted molar refractivity (Wildman–Crippen MR) is 73.8 cm³/mol. The second kappa shape index (κ2) is 6.19. The van der Waals surface area contributed by atoms with Crippen molar-refractivity contribution in [3.8, 4) is 5.75 Å². The number of thiazole rings is 1. The standard InChI is InChI=1S/C13H14N2O3S/c1-17-10-5-3-4-9(6-10)7-14-13-15-11(8-19-13)12(16)18-2/h3-6,8H,7H2,1-2H3,(H,14,15). The van der Waals surface area contributed by atoms with Crippen molar-refractivity contribution in [3.63, 3.8) is 0 Å². The maximum atomic E-state index is 11.3. The summed E-state index contributed by atoms with van der Waals surface area (Å²) in [5.74, 6) is 0.388. The number of esters is 1. The molecule has 2 aromatic rings. The van der Waals surface area contributed by atoms with Crippen LogP contribution in [0, 0.1) is 0 Å². The first-order valence-corrected chi connectivity index (χ1v) is 6.51. The van der Waals surface area contributed by atoms with Crippen LogP contribution in [-0.2, 0) is 11.3 Å². The molecule has 0 aliphatic heterocycles. The lowest BCUT2D eigenvalue weighted by Gasteiger charge is -2.05. The Morgan fingerprint density at radius 2 is 2.26 bits per heavy atom. The van der Waals surface area contributed by atoms with E-state index in [-0.39, 0.29) is 0 Å². The first kappa shape index (κ1) is 13.4. The molecule has 1 N–H and O–H groups in total. The van der Waals surface area contributed by atoms with Crippen LogP contribution in [0.25, 0.3) is 0 Å². The molecule has 0 unspecified atom stereocenters. The van der Waals surface area contributed by atoms with Crippen LogP contribution in [0.5, 0.6) is 5.75 Å². The molecule has 0 saturated heterocycles. The molecular weight excluding hydrogens is 264 g/mol. The fourth-order valence-corrected chi connectivity index (χ4v) is 2.19. The lowest BCUT2D eigenvalue weighted by Crippen LogP contribution is -2.03. The number of hydrogen-bond acceptors (Lipinski definition) is 6. The van der Waals surface area contributed by atoms with Crippen LogP contribution in [0.1, 0.15) is 16.1 Å².